The molecule has 5 saturated carbocycles. The minimum Gasteiger partial charge on any atom is -0.328 e. The van der Waals surface area contributed by atoms with Crippen LogP contribution in [0.1, 0.15) is 56.9 Å². The summed E-state index contributed by atoms with van der Waals surface area (Å²) in [5, 5.41) is 0. The third kappa shape index (κ3) is 3.11. The Balaban J connectivity index is 1.43. The van der Waals surface area contributed by atoms with Crippen molar-refractivity contribution >= 4 is 23.4 Å². The van der Waals surface area contributed by atoms with Gasteiger partial charge in [0.05, 0.1) is 0 Å². The molecule has 29 heavy (non-hydrogen) atoms. The van der Waals surface area contributed by atoms with Gasteiger partial charge < -0.3 is 5.73 Å². The van der Waals surface area contributed by atoms with Gasteiger partial charge in [-0.05, 0) is 80.1 Å². The van der Waals surface area contributed by atoms with Gasteiger partial charge in [-0.1, -0.05) is 42.5 Å². The van der Waals surface area contributed by atoms with Crippen LogP contribution in [0.5, 0.6) is 0 Å². The van der Waals surface area contributed by atoms with Crippen molar-refractivity contribution < 1.29 is 8.78 Å². The quantitative estimate of drug-likeness (QED) is 0.517. The Morgan fingerprint density at radius 1 is 1.10 bits per heavy atom. The van der Waals surface area contributed by atoms with Crippen molar-refractivity contribution in [2.24, 2.45) is 39.8 Å². The van der Waals surface area contributed by atoms with Gasteiger partial charge in [0.25, 0.3) is 0 Å². The summed E-state index contributed by atoms with van der Waals surface area (Å²) in [5.41, 5.74) is 6.99. The van der Waals surface area contributed by atoms with Crippen molar-refractivity contribution in [3.05, 3.63) is 35.9 Å². The van der Waals surface area contributed by atoms with E-state index in [9.17, 15) is 8.78 Å². The first kappa shape index (κ1) is 19.7. The first-order chi connectivity index (χ1) is 13.9. The zero-order chi connectivity index (χ0) is 20.2. The summed E-state index contributed by atoms with van der Waals surface area (Å²) < 4.78 is 28.1. The predicted molar refractivity (Wildman–Crippen MR) is 117 cm³/mol. The average Bonchev–Trinajstić information content (AvgIpc) is 3.10. The molecule has 0 aromatic heterocycles. The number of thiocarbonyl (C=S) groups is 1. The van der Waals surface area contributed by atoms with E-state index in [1.54, 1.807) is 0 Å². The maximum atomic E-state index is 14.0. The van der Waals surface area contributed by atoms with E-state index in [1.165, 1.54) is 5.56 Å². The van der Waals surface area contributed by atoms with E-state index in [0.29, 0.717) is 16.9 Å². The molecule has 6 rings (SSSR count). The van der Waals surface area contributed by atoms with E-state index in [2.05, 4.69) is 24.3 Å². The molecule has 0 aliphatic heterocycles. The van der Waals surface area contributed by atoms with E-state index < -0.39 is 12.3 Å². The van der Waals surface area contributed by atoms with Crippen molar-refractivity contribution in [2.45, 2.75) is 69.2 Å². The van der Waals surface area contributed by atoms with Gasteiger partial charge in [-0.15, -0.1) is 0 Å². The lowest BCUT2D eigenvalue weighted by molar-refractivity contribution is 0.00403. The summed E-state index contributed by atoms with van der Waals surface area (Å²) in [6, 6.07) is 10.8. The van der Waals surface area contributed by atoms with Gasteiger partial charge in [0, 0.05) is 23.6 Å². The summed E-state index contributed by atoms with van der Waals surface area (Å²) in [7, 11) is 0. The fraction of sp³-hybridized carbons (Fsp3) is 0.667. The minimum absolute atomic E-state index is 0.00256. The van der Waals surface area contributed by atoms with Gasteiger partial charge in [0.1, 0.15) is 4.99 Å². The number of rotatable bonds is 4. The SMILES string of the molecule is NC1CCC(C=NC(=S)C23CC4CC(c5ccccc5)(CC2C4C(F)F)C3)CC1. The maximum absolute atomic E-state index is 14.0. The van der Waals surface area contributed by atoms with Gasteiger partial charge in [-0.3, -0.25) is 4.99 Å². The number of aliphatic imine (C=N–C) groups is 1. The lowest BCUT2D eigenvalue weighted by Crippen LogP contribution is -2.38. The molecule has 156 valence electrons. The molecule has 5 fully saturated rings. The standard InChI is InChI=1S/C24H30F2N2S/c25-21(26)20-16-10-23(17-4-2-1-3-5-17)12-19(20)24(11-16,14-23)22(29)28-13-15-6-8-18(27)9-7-15/h1-5,13,15-16,18-21H,6-12,14,27H2. The highest BCUT2D eigenvalue weighted by Gasteiger charge is 2.71. The fourth-order valence-electron chi connectivity index (χ4n) is 7.38. The highest BCUT2D eigenvalue weighted by Crippen LogP contribution is 2.74. The third-order valence-corrected chi connectivity index (χ3v) is 9.10. The second kappa shape index (κ2) is 7.19. The summed E-state index contributed by atoms with van der Waals surface area (Å²) in [6.07, 6.45) is 7.33. The van der Waals surface area contributed by atoms with Gasteiger partial charge >= 0.3 is 0 Å². The van der Waals surface area contributed by atoms with Crippen molar-refractivity contribution in [3.63, 3.8) is 0 Å². The Morgan fingerprint density at radius 2 is 1.83 bits per heavy atom. The molecular formula is C24H30F2N2S. The van der Waals surface area contributed by atoms with Crippen LogP contribution in [0.25, 0.3) is 0 Å². The van der Waals surface area contributed by atoms with Crippen molar-refractivity contribution in [2.75, 3.05) is 0 Å². The van der Waals surface area contributed by atoms with E-state index in [-0.39, 0.29) is 22.7 Å². The molecule has 5 aliphatic rings. The van der Waals surface area contributed by atoms with Crippen LogP contribution in [0.15, 0.2) is 35.3 Å². The van der Waals surface area contributed by atoms with E-state index in [4.69, 9.17) is 22.9 Å². The molecule has 0 amide bonds. The van der Waals surface area contributed by atoms with Gasteiger partial charge in [0.2, 0.25) is 6.43 Å². The first-order valence-electron chi connectivity index (χ1n) is 11.1. The molecule has 1 aromatic rings. The van der Waals surface area contributed by atoms with Crippen LogP contribution >= 0.6 is 12.2 Å². The Morgan fingerprint density at radius 3 is 2.52 bits per heavy atom. The molecule has 0 radical (unpaired) electrons. The highest BCUT2D eigenvalue weighted by molar-refractivity contribution is 7.80. The topological polar surface area (TPSA) is 38.4 Å². The lowest BCUT2D eigenvalue weighted by Gasteiger charge is -2.43. The first-order valence-corrected chi connectivity index (χ1v) is 11.5. The van der Waals surface area contributed by atoms with Crippen LogP contribution < -0.4 is 5.73 Å². The van der Waals surface area contributed by atoms with Gasteiger partial charge in [0.15, 0.2) is 0 Å². The molecule has 0 saturated heterocycles. The third-order valence-electron chi connectivity index (χ3n) is 8.58. The lowest BCUT2D eigenvalue weighted by atomic mass is 9.62. The molecule has 5 heteroatoms. The Hall–Kier alpha value is -1.20. The van der Waals surface area contributed by atoms with Crippen molar-refractivity contribution in [3.8, 4) is 0 Å². The van der Waals surface area contributed by atoms with Crippen LogP contribution in [-0.4, -0.2) is 23.7 Å². The predicted octanol–water partition coefficient (Wildman–Crippen LogP) is 5.54. The number of hydrogen-bond donors (Lipinski definition) is 1. The van der Waals surface area contributed by atoms with E-state index >= 15 is 0 Å². The maximum Gasteiger partial charge on any atom is 0.242 e. The normalized spacial score (nSPS) is 43.5. The molecular weight excluding hydrogens is 386 g/mol. The second-order valence-corrected chi connectivity index (χ2v) is 10.5. The monoisotopic (exact) mass is 416 g/mol. The molecule has 5 unspecified atom stereocenters. The number of halogens is 2. The van der Waals surface area contributed by atoms with Crippen LogP contribution in [0.2, 0.25) is 0 Å². The van der Waals surface area contributed by atoms with Crippen molar-refractivity contribution in [1.29, 1.82) is 0 Å². The Kier molecular flexibility index (Phi) is 4.90. The second-order valence-electron chi connectivity index (χ2n) is 10.1. The Labute approximate surface area is 177 Å². The fourth-order valence-corrected chi connectivity index (χ4v) is 7.75. The number of benzene rings is 1. The summed E-state index contributed by atoms with van der Waals surface area (Å²) >= 11 is 5.88. The highest BCUT2D eigenvalue weighted by atomic mass is 32.1. The van der Waals surface area contributed by atoms with Crippen molar-refractivity contribution in [1.82, 2.24) is 0 Å². The molecule has 2 nitrogen and oxygen atoms in total. The average molecular weight is 417 g/mol. The number of nitrogens with two attached hydrogens (primary N) is 1. The van der Waals surface area contributed by atoms with Gasteiger partial charge in [-0.25, -0.2) is 8.78 Å². The summed E-state index contributed by atoms with van der Waals surface area (Å²) in [6.45, 7) is 0. The number of nitrogens with zero attached hydrogens (tertiary/aromatic N) is 1. The molecule has 5 aliphatic carbocycles. The summed E-state index contributed by atoms with van der Waals surface area (Å²) in [4.78, 5) is 5.48. The molecule has 1 aromatic carbocycles. The largest absolute Gasteiger partial charge is 0.328 e. The van der Waals surface area contributed by atoms with Gasteiger partial charge in [-0.2, -0.15) is 0 Å². The zero-order valence-corrected chi connectivity index (χ0v) is 17.6. The number of hydrogen-bond acceptors (Lipinski definition) is 2. The van der Waals surface area contributed by atoms with Crippen LogP contribution in [0.4, 0.5) is 8.78 Å². The summed E-state index contributed by atoms with van der Waals surface area (Å²) in [5.74, 6) is -0.0708. The van der Waals surface area contributed by atoms with Crippen LogP contribution in [-0.2, 0) is 5.41 Å². The minimum atomic E-state index is -2.26. The zero-order valence-electron chi connectivity index (χ0n) is 16.8. The molecule has 0 spiro atoms. The molecule has 4 bridgehead atoms. The molecule has 0 heterocycles. The van der Waals surface area contributed by atoms with E-state index in [1.807, 2.05) is 12.3 Å². The Bertz CT molecular complexity index is 804. The van der Waals surface area contributed by atoms with E-state index in [0.717, 1.165) is 51.4 Å². The van der Waals surface area contributed by atoms with Crippen LogP contribution in [0, 0.1) is 29.1 Å². The molecule has 2 N–H and O–H groups in total. The smallest absolute Gasteiger partial charge is 0.242 e. The van der Waals surface area contributed by atoms with Crippen LogP contribution in [0.3, 0.4) is 0 Å². The number of alkyl halides is 2. The molecule has 5 atom stereocenters.